The fourth-order valence-electron chi connectivity index (χ4n) is 2.99. The lowest BCUT2D eigenvalue weighted by Crippen LogP contribution is -2.46. The first-order chi connectivity index (χ1) is 11.4. The van der Waals surface area contributed by atoms with Gasteiger partial charge in [-0.2, -0.15) is 0 Å². The Bertz CT molecular complexity index is 572. The van der Waals surface area contributed by atoms with E-state index in [1.54, 1.807) is 0 Å². The minimum atomic E-state index is -0.358. The molecule has 0 saturated heterocycles. The van der Waals surface area contributed by atoms with Crippen LogP contribution in [-0.2, 0) is 15.0 Å². The molecular formula is C19H28N2O3. The van der Waals surface area contributed by atoms with Crippen molar-refractivity contribution >= 4 is 11.8 Å². The average molecular weight is 332 g/mol. The molecular weight excluding hydrogens is 304 g/mol. The molecule has 0 spiro atoms. The van der Waals surface area contributed by atoms with Gasteiger partial charge in [0.05, 0.1) is 0 Å². The number of para-hydroxylation sites is 1. The Hall–Kier alpha value is -2.04. The van der Waals surface area contributed by atoms with E-state index in [9.17, 15) is 9.59 Å². The van der Waals surface area contributed by atoms with Crippen molar-refractivity contribution in [3.8, 4) is 5.75 Å². The van der Waals surface area contributed by atoms with E-state index in [1.807, 2.05) is 24.3 Å². The molecule has 1 saturated carbocycles. The van der Waals surface area contributed by atoms with Crippen molar-refractivity contribution < 1.29 is 14.3 Å². The van der Waals surface area contributed by atoms with Gasteiger partial charge in [-0.3, -0.25) is 20.4 Å². The van der Waals surface area contributed by atoms with E-state index in [4.69, 9.17) is 4.74 Å². The maximum atomic E-state index is 12.0. The number of amides is 2. The Kier molecular flexibility index (Phi) is 6.23. The highest BCUT2D eigenvalue weighted by Crippen LogP contribution is 2.30. The normalized spacial score (nSPS) is 15.6. The number of rotatable bonds is 4. The number of benzene rings is 1. The molecule has 1 aromatic carbocycles. The maximum absolute atomic E-state index is 12.0. The van der Waals surface area contributed by atoms with Crippen LogP contribution in [0.5, 0.6) is 5.75 Å². The lowest BCUT2D eigenvalue weighted by molar-refractivity contribution is -0.132. The van der Waals surface area contributed by atoms with Crippen LogP contribution in [0.25, 0.3) is 0 Å². The molecule has 0 radical (unpaired) electrons. The molecule has 2 N–H and O–H groups in total. The second-order valence-corrected chi connectivity index (χ2v) is 7.41. The van der Waals surface area contributed by atoms with E-state index < -0.39 is 0 Å². The zero-order valence-electron chi connectivity index (χ0n) is 14.9. The van der Waals surface area contributed by atoms with Gasteiger partial charge in [0, 0.05) is 5.92 Å². The fraction of sp³-hybridized carbons (Fsp3) is 0.579. The van der Waals surface area contributed by atoms with Crippen molar-refractivity contribution in [1.29, 1.82) is 0 Å². The van der Waals surface area contributed by atoms with Gasteiger partial charge in [0.25, 0.3) is 5.91 Å². The first kappa shape index (κ1) is 18.3. The highest BCUT2D eigenvalue weighted by atomic mass is 16.5. The van der Waals surface area contributed by atoms with Crippen LogP contribution in [0.3, 0.4) is 0 Å². The van der Waals surface area contributed by atoms with Crippen LogP contribution in [0.1, 0.15) is 58.4 Å². The molecule has 1 aliphatic carbocycles. The van der Waals surface area contributed by atoms with Gasteiger partial charge in [0.2, 0.25) is 5.91 Å². The number of hydrazine groups is 1. The molecule has 5 heteroatoms. The number of carbonyl (C=O) groups is 2. The molecule has 0 heterocycles. The van der Waals surface area contributed by atoms with Gasteiger partial charge < -0.3 is 4.74 Å². The molecule has 5 nitrogen and oxygen atoms in total. The van der Waals surface area contributed by atoms with Crippen molar-refractivity contribution in [3.05, 3.63) is 29.8 Å². The summed E-state index contributed by atoms with van der Waals surface area (Å²) < 4.78 is 5.64. The summed E-state index contributed by atoms with van der Waals surface area (Å²) in [6.45, 7) is 6.16. The maximum Gasteiger partial charge on any atom is 0.276 e. The Morgan fingerprint density at radius 3 is 2.42 bits per heavy atom. The molecule has 1 aromatic rings. The Balaban J connectivity index is 1.80. The summed E-state index contributed by atoms with van der Waals surface area (Å²) in [5, 5.41) is 0. The summed E-state index contributed by atoms with van der Waals surface area (Å²) in [6.07, 6.45) is 5.16. The van der Waals surface area contributed by atoms with Crippen LogP contribution in [0.2, 0.25) is 0 Å². The SMILES string of the molecule is CC(C)(C)c1ccccc1OCC(=O)NNC(=O)C1CCCCC1. The first-order valence-electron chi connectivity index (χ1n) is 8.69. The Labute approximate surface area is 144 Å². The monoisotopic (exact) mass is 332 g/mol. The lowest BCUT2D eigenvalue weighted by Gasteiger charge is -2.23. The predicted molar refractivity (Wildman–Crippen MR) is 93.5 cm³/mol. The summed E-state index contributed by atoms with van der Waals surface area (Å²) in [6, 6.07) is 7.69. The third-order valence-electron chi connectivity index (χ3n) is 4.35. The Morgan fingerprint density at radius 2 is 1.75 bits per heavy atom. The van der Waals surface area contributed by atoms with Crippen molar-refractivity contribution in [2.75, 3.05) is 6.61 Å². The second kappa shape index (κ2) is 8.18. The fourth-order valence-corrected chi connectivity index (χ4v) is 2.99. The van der Waals surface area contributed by atoms with Gasteiger partial charge in [-0.05, 0) is 29.9 Å². The number of hydrogen-bond donors (Lipinski definition) is 2. The van der Waals surface area contributed by atoms with Crippen LogP contribution >= 0.6 is 0 Å². The highest BCUT2D eigenvalue weighted by Gasteiger charge is 2.22. The Morgan fingerprint density at radius 1 is 1.08 bits per heavy atom. The smallest absolute Gasteiger partial charge is 0.276 e. The van der Waals surface area contributed by atoms with Gasteiger partial charge in [-0.1, -0.05) is 58.2 Å². The van der Waals surface area contributed by atoms with Gasteiger partial charge in [-0.25, -0.2) is 0 Å². The average Bonchev–Trinajstić information content (AvgIpc) is 2.58. The predicted octanol–water partition coefficient (Wildman–Crippen LogP) is 3.09. The lowest BCUT2D eigenvalue weighted by atomic mass is 9.86. The largest absolute Gasteiger partial charge is 0.483 e. The van der Waals surface area contributed by atoms with Gasteiger partial charge in [0.1, 0.15) is 5.75 Å². The third-order valence-corrected chi connectivity index (χ3v) is 4.35. The van der Waals surface area contributed by atoms with Crippen LogP contribution < -0.4 is 15.6 Å². The van der Waals surface area contributed by atoms with Gasteiger partial charge in [-0.15, -0.1) is 0 Å². The molecule has 132 valence electrons. The summed E-state index contributed by atoms with van der Waals surface area (Å²) in [5.41, 5.74) is 5.94. The number of carbonyl (C=O) groups excluding carboxylic acids is 2. The molecule has 2 amide bonds. The third kappa shape index (κ3) is 5.25. The summed E-state index contributed by atoms with van der Waals surface area (Å²) >= 11 is 0. The van der Waals surface area contributed by atoms with Crippen molar-refractivity contribution in [3.63, 3.8) is 0 Å². The number of nitrogens with one attached hydrogen (secondary N) is 2. The quantitative estimate of drug-likeness (QED) is 0.833. The van der Waals surface area contributed by atoms with E-state index in [-0.39, 0.29) is 29.8 Å². The van der Waals surface area contributed by atoms with Crippen molar-refractivity contribution in [2.45, 2.75) is 58.3 Å². The van der Waals surface area contributed by atoms with E-state index in [0.29, 0.717) is 5.75 Å². The highest BCUT2D eigenvalue weighted by molar-refractivity contribution is 5.84. The minimum Gasteiger partial charge on any atom is -0.483 e. The summed E-state index contributed by atoms with van der Waals surface area (Å²) in [7, 11) is 0. The first-order valence-corrected chi connectivity index (χ1v) is 8.69. The summed E-state index contributed by atoms with van der Waals surface area (Å²) in [5.74, 6) is 0.251. The molecule has 0 atom stereocenters. The van der Waals surface area contributed by atoms with E-state index in [0.717, 1.165) is 31.2 Å². The van der Waals surface area contributed by atoms with Gasteiger partial charge >= 0.3 is 0 Å². The molecule has 0 aromatic heterocycles. The molecule has 24 heavy (non-hydrogen) atoms. The van der Waals surface area contributed by atoms with Crippen molar-refractivity contribution in [1.82, 2.24) is 10.9 Å². The molecule has 1 aliphatic rings. The van der Waals surface area contributed by atoms with Crippen LogP contribution in [0.4, 0.5) is 0 Å². The number of hydrogen-bond acceptors (Lipinski definition) is 3. The molecule has 0 unspecified atom stereocenters. The summed E-state index contributed by atoms with van der Waals surface area (Å²) in [4.78, 5) is 23.9. The van der Waals surface area contributed by atoms with E-state index in [2.05, 4.69) is 31.6 Å². The molecule has 1 fully saturated rings. The van der Waals surface area contributed by atoms with Crippen LogP contribution in [-0.4, -0.2) is 18.4 Å². The number of ether oxygens (including phenoxy) is 1. The molecule has 0 aliphatic heterocycles. The topological polar surface area (TPSA) is 67.4 Å². The molecule has 0 bridgehead atoms. The minimum absolute atomic E-state index is 0.0154. The van der Waals surface area contributed by atoms with E-state index in [1.165, 1.54) is 6.42 Å². The second-order valence-electron chi connectivity index (χ2n) is 7.41. The van der Waals surface area contributed by atoms with Crippen LogP contribution in [0.15, 0.2) is 24.3 Å². The van der Waals surface area contributed by atoms with Crippen molar-refractivity contribution in [2.24, 2.45) is 5.92 Å². The molecule has 2 rings (SSSR count). The zero-order valence-corrected chi connectivity index (χ0v) is 14.9. The zero-order chi connectivity index (χ0) is 17.6. The van der Waals surface area contributed by atoms with E-state index >= 15 is 0 Å². The van der Waals surface area contributed by atoms with Gasteiger partial charge in [0.15, 0.2) is 6.61 Å². The standard InChI is InChI=1S/C19H28N2O3/c1-19(2,3)15-11-7-8-12-16(15)24-13-17(22)20-21-18(23)14-9-5-4-6-10-14/h7-8,11-12,14H,4-6,9-10,13H2,1-3H3,(H,20,22)(H,21,23). The van der Waals surface area contributed by atoms with Crippen LogP contribution in [0, 0.1) is 5.92 Å².